The fourth-order valence-corrected chi connectivity index (χ4v) is 1.62. The predicted molar refractivity (Wildman–Crippen MR) is 60.6 cm³/mol. The number of imidazole rings is 1. The normalized spacial score (nSPS) is 10.8. The van der Waals surface area contributed by atoms with E-state index >= 15 is 0 Å². The molecule has 0 aliphatic heterocycles. The van der Waals surface area contributed by atoms with Crippen molar-refractivity contribution in [3.63, 3.8) is 0 Å². The Hall–Kier alpha value is -2.43. The average molecular weight is 211 g/mol. The molecule has 0 fully saturated rings. The molecular weight excluding hydrogens is 202 g/mol. The van der Waals surface area contributed by atoms with Crippen molar-refractivity contribution in [3.8, 4) is 11.3 Å². The van der Waals surface area contributed by atoms with Crippen molar-refractivity contribution in [1.82, 2.24) is 19.4 Å². The number of nitrogens with two attached hydrogens (primary N) is 1. The second kappa shape index (κ2) is 3.30. The quantitative estimate of drug-likeness (QED) is 0.660. The Morgan fingerprint density at radius 2 is 1.94 bits per heavy atom. The van der Waals surface area contributed by atoms with Gasteiger partial charge in [0.25, 0.3) is 0 Å². The molecule has 2 N–H and O–H groups in total. The van der Waals surface area contributed by atoms with Crippen LogP contribution in [0.5, 0.6) is 0 Å². The summed E-state index contributed by atoms with van der Waals surface area (Å²) < 4.78 is 1.89. The SMILES string of the molecule is Nc1ccn2c(-c3ccncc3)cnc2n1. The molecule has 5 nitrogen and oxygen atoms in total. The zero-order valence-electron chi connectivity index (χ0n) is 8.41. The molecule has 0 atom stereocenters. The van der Waals surface area contributed by atoms with E-state index in [2.05, 4.69) is 15.0 Å². The van der Waals surface area contributed by atoms with Gasteiger partial charge in [-0.2, -0.15) is 4.98 Å². The molecule has 0 aromatic carbocycles. The largest absolute Gasteiger partial charge is 0.384 e. The maximum Gasteiger partial charge on any atom is 0.236 e. The van der Waals surface area contributed by atoms with Crippen LogP contribution in [0.4, 0.5) is 5.82 Å². The Bertz CT molecular complexity index is 629. The van der Waals surface area contributed by atoms with Gasteiger partial charge in [0.15, 0.2) is 0 Å². The molecule has 0 aliphatic carbocycles. The van der Waals surface area contributed by atoms with Gasteiger partial charge in [0.2, 0.25) is 5.78 Å². The molecule has 0 amide bonds. The maximum absolute atomic E-state index is 5.60. The van der Waals surface area contributed by atoms with E-state index in [0.717, 1.165) is 11.3 Å². The van der Waals surface area contributed by atoms with Crippen molar-refractivity contribution in [2.75, 3.05) is 5.73 Å². The summed E-state index contributed by atoms with van der Waals surface area (Å²) in [6, 6.07) is 5.61. The predicted octanol–water partition coefficient (Wildman–Crippen LogP) is 1.37. The van der Waals surface area contributed by atoms with E-state index in [-0.39, 0.29) is 0 Å². The molecule has 0 aliphatic rings. The summed E-state index contributed by atoms with van der Waals surface area (Å²) in [4.78, 5) is 12.3. The van der Waals surface area contributed by atoms with E-state index in [0.29, 0.717) is 11.6 Å². The Labute approximate surface area is 91.6 Å². The van der Waals surface area contributed by atoms with E-state index in [1.54, 1.807) is 24.7 Å². The first kappa shape index (κ1) is 8.84. The lowest BCUT2D eigenvalue weighted by Gasteiger charge is -2.00. The van der Waals surface area contributed by atoms with Gasteiger partial charge in [0.1, 0.15) is 5.82 Å². The molecule has 0 saturated carbocycles. The standard InChI is InChI=1S/C11H9N5/c12-10-3-6-16-9(7-14-11(16)15-10)8-1-4-13-5-2-8/h1-7H,(H2,12,14,15). The number of hydrogen-bond acceptors (Lipinski definition) is 4. The highest BCUT2D eigenvalue weighted by molar-refractivity contribution is 5.62. The van der Waals surface area contributed by atoms with Crippen molar-refractivity contribution < 1.29 is 0 Å². The van der Waals surface area contributed by atoms with Crippen molar-refractivity contribution in [1.29, 1.82) is 0 Å². The van der Waals surface area contributed by atoms with Crippen LogP contribution in [-0.2, 0) is 0 Å². The van der Waals surface area contributed by atoms with Gasteiger partial charge in [-0.1, -0.05) is 0 Å². The second-order valence-electron chi connectivity index (χ2n) is 3.40. The number of aromatic nitrogens is 4. The molecular formula is C11H9N5. The van der Waals surface area contributed by atoms with E-state index in [1.165, 1.54) is 0 Å². The molecule has 3 aromatic rings. The molecule has 5 heteroatoms. The van der Waals surface area contributed by atoms with Crippen molar-refractivity contribution >= 4 is 11.6 Å². The zero-order chi connectivity index (χ0) is 11.0. The van der Waals surface area contributed by atoms with Crippen LogP contribution < -0.4 is 5.73 Å². The lowest BCUT2D eigenvalue weighted by atomic mass is 10.2. The molecule has 3 aromatic heterocycles. The third kappa shape index (κ3) is 1.30. The van der Waals surface area contributed by atoms with Crippen LogP contribution in [0.2, 0.25) is 0 Å². The second-order valence-corrected chi connectivity index (χ2v) is 3.40. The summed E-state index contributed by atoms with van der Waals surface area (Å²) in [5.74, 6) is 1.08. The molecule has 3 heterocycles. The van der Waals surface area contributed by atoms with E-state index in [4.69, 9.17) is 5.73 Å². The van der Waals surface area contributed by atoms with Gasteiger partial charge in [0, 0.05) is 24.2 Å². The monoisotopic (exact) mass is 211 g/mol. The summed E-state index contributed by atoms with van der Waals surface area (Å²) in [7, 11) is 0. The van der Waals surface area contributed by atoms with E-state index in [1.807, 2.05) is 22.7 Å². The number of rotatable bonds is 1. The Balaban J connectivity index is 2.26. The topological polar surface area (TPSA) is 69.1 Å². The van der Waals surface area contributed by atoms with Gasteiger partial charge in [-0.3, -0.25) is 9.38 Å². The number of nitrogen functional groups attached to an aromatic ring is 1. The van der Waals surface area contributed by atoms with Gasteiger partial charge in [-0.25, -0.2) is 4.98 Å². The van der Waals surface area contributed by atoms with Crippen LogP contribution >= 0.6 is 0 Å². The number of nitrogens with zero attached hydrogens (tertiary/aromatic N) is 4. The van der Waals surface area contributed by atoms with Crippen molar-refractivity contribution in [3.05, 3.63) is 43.0 Å². The third-order valence-corrected chi connectivity index (χ3v) is 2.38. The summed E-state index contributed by atoms with van der Waals surface area (Å²) in [5.41, 5.74) is 7.62. The zero-order valence-corrected chi connectivity index (χ0v) is 8.41. The Morgan fingerprint density at radius 1 is 1.12 bits per heavy atom. The maximum atomic E-state index is 5.60. The molecule has 0 spiro atoms. The van der Waals surface area contributed by atoms with Gasteiger partial charge < -0.3 is 5.73 Å². The highest BCUT2D eigenvalue weighted by atomic mass is 15.1. The Kier molecular flexibility index (Phi) is 1.83. The summed E-state index contributed by atoms with van der Waals surface area (Å²) in [5, 5.41) is 0. The van der Waals surface area contributed by atoms with Crippen LogP contribution in [0.25, 0.3) is 17.0 Å². The summed E-state index contributed by atoms with van der Waals surface area (Å²) >= 11 is 0. The molecule has 0 radical (unpaired) electrons. The summed E-state index contributed by atoms with van der Waals surface area (Å²) in [6.45, 7) is 0. The van der Waals surface area contributed by atoms with Crippen LogP contribution in [0.1, 0.15) is 0 Å². The minimum absolute atomic E-state index is 0.472. The van der Waals surface area contributed by atoms with E-state index in [9.17, 15) is 0 Å². The average Bonchev–Trinajstić information content (AvgIpc) is 2.73. The van der Waals surface area contributed by atoms with Gasteiger partial charge in [0.05, 0.1) is 11.9 Å². The van der Waals surface area contributed by atoms with Crippen LogP contribution in [0.3, 0.4) is 0 Å². The van der Waals surface area contributed by atoms with Crippen LogP contribution in [-0.4, -0.2) is 19.4 Å². The van der Waals surface area contributed by atoms with Crippen molar-refractivity contribution in [2.24, 2.45) is 0 Å². The van der Waals surface area contributed by atoms with E-state index < -0.39 is 0 Å². The minimum Gasteiger partial charge on any atom is -0.384 e. The number of anilines is 1. The highest BCUT2D eigenvalue weighted by Gasteiger charge is 2.05. The molecule has 0 bridgehead atoms. The molecule has 0 unspecified atom stereocenters. The highest BCUT2D eigenvalue weighted by Crippen LogP contribution is 2.19. The first-order valence-electron chi connectivity index (χ1n) is 4.84. The number of fused-ring (bicyclic) bond motifs is 1. The van der Waals surface area contributed by atoms with Crippen molar-refractivity contribution in [2.45, 2.75) is 0 Å². The lowest BCUT2D eigenvalue weighted by Crippen LogP contribution is -1.95. The lowest BCUT2D eigenvalue weighted by molar-refractivity contribution is 1.12. The first-order chi connectivity index (χ1) is 7.84. The van der Waals surface area contributed by atoms with Crippen LogP contribution in [0, 0.1) is 0 Å². The number of hydrogen-bond donors (Lipinski definition) is 1. The minimum atomic E-state index is 0.472. The van der Waals surface area contributed by atoms with Crippen LogP contribution in [0.15, 0.2) is 43.0 Å². The fourth-order valence-electron chi connectivity index (χ4n) is 1.62. The fraction of sp³-hybridized carbons (Fsp3) is 0. The van der Waals surface area contributed by atoms with Gasteiger partial charge >= 0.3 is 0 Å². The Morgan fingerprint density at radius 3 is 2.75 bits per heavy atom. The smallest absolute Gasteiger partial charge is 0.236 e. The molecule has 3 rings (SSSR count). The van der Waals surface area contributed by atoms with Gasteiger partial charge in [-0.05, 0) is 18.2 Å². The molecule has 0 saturated heterocycles. The summed E-state index contributed by atoms with van der Waals surface area (Å²) in [6.07, 6.45) is 7.14. The molecule has 78 valence electrons. The third-order valence-electron chi connectivity index (χ3n) is 2.38. The first-order valence-corrected chi connectivity index (χ1v) is 4.84. The van der Waals surface area contributed by atoms with Gasteiger partial charge in [-0.15, -0.1) is 0 Å². The molecule has 16 heavy (non-hydrogen) atoms. The number of pyridine rings is 1.